The maximum Gasteiger partial charge on any atom is 0.231 e. The number of hydrogen-bond acceptors (Lipinski definition) is 4. The Kier molecular flexibility index (Phi) is 5.04. The number of nitrogens with zero attached hydrogens (tertiary/aromatic N) is 3. The molecule has 0 aliphatic carbocycles. The van der Waals surface area contributed by atoms with Crippen molar-refractivity contribution in [2.75, 3.05) is 11.7 Å². The van der Waals surface area contributed by atoms with E-state index in [1.54, 1.807) is 0 Å². The molecule has 6 rings (SSSR count). The second-order valence-electron chi connectivity index (χ2n) is 7.81. The fourth-order valence-electron chi connectivity index (χ4n) is 4.44. The summed E-state index contributed by atoms with van der Waals surface area (Å²) in [7, 11) is 0. The predicted molar refractivity (Wildman–Crippen MR) is 134 cm³/mol. The Morgan fingerprint density at radius 1 is 0.939 bits per heavy atom. The van der Waals surface area contributed by atoms with Gasteiger partial charge in [-0.15, -0.1) is 0 Å². The van der Waals surface area contributed by atoms with Gasteiger partial charge in [0.05, 0.1) is 11.7 Å². The molecule has 2 aliphatic heterocycles. The van der Waals surface area contributed by atoms with Crippen LogP contribution in [0.3, 0.4) is 0 Å². The predicted octanol–water partition coefficient (Wildman–Crippen LogP) is 5.54. The molecule has 4 heterocycles. The van der Waals surface area contributed by atoms with Crippen molar-refractivity contribution < 1.29 is 9.47 Å². The Hall–Kier alpha value is -3.36. The molecule has 0 amide bonds. The minimum atomic E-state index is -0.133. The third kappa shape index (κ3) is 3.55. The highest BCUT2D eigenvalue weighted by Crippen LogP contribution is 2.44. The third-order valence-electron chi connectivity index (χ3n) is 5.92. The largest absolute Gasteiger partial charge is 0.454 e. The van der Waals surface area contributed by atoms with Crippen LogP contribution < -0.4 is 19.7 Å². The maximum absolute atomic E-state index is 5.86. The highest BCUT2D eigenvalue weighted by Gasteiger charge is 2.42. The van der Waals surface area contributed by atoms with Crippen molar-refractivity contribution in [1.82, 2.24) is 14.9 Å². The van der Waals surface area contributed by atoms with E-state index in [1.165, 1.54) is 0 Å². The van der Waals surface area contributed by atoms with Crippen LogP contribution >= 0.6 is 28.1 Å². The zero-order chi connectivity index (χ0) is 22.4. The lowest BCUT2D eigenvalue weighted by atomic mass is 10.0. The number of aromatic nitrogens is 2. The summed E-state index contributed by atoms with van der Waals surface area (Å²) in [5, 5.41) is 4.15. The van der Waals surface area contributed by atoms with Crippen molar-refractivity contribution in [3.63, 3.8) is 0 Å². The Morgan fingerprint density at radius 2 is 1.76 bits per heavy atom. The van der Waals surface area contributed by atoms with Gasteiger partial charge in [-0.3, -0.25) is 4.98 Å². The Morgan fingerprint density at radius 3 is 2.58 bits per heavy atom. The maximum atomic E-state index is 5.86. The number of anilines is 1. The molecule has 6 nitrogen and oxygen atoms in total. The molecule has 2 aromatic heterocycles. The van der Waals surface area contributed by atoms with Gasteiger partial charge < -0.3 is 24.3 Å². The third-order valence-corrected chi connectivity index (χ3v) is 6.76. The van der Waals surface area contributed by atoms with Crippen molar-refractivity contribution in [3.05, 3.63) is 101 Å². The van der Waals surface area contributed by atoms with Crippen LogP contribution in [0.5, 0.6) is 11.5 Å². The number of halogens is 1. The van der Waals surface area contributed by atoms with Crippen LogP contribution in [0.2, 0.25) is 0 Å². The van der Waals surface area contributed by atoms with Crippen molar-refractivity contribution in [1.29, 1.82) is 0 Å². The van der Waals surface area contributed by atoms with Crippen molar-refractivity contribution >= 4 is 38.9 Å². The van der Waals surface area contributed by atoms with Crippen LogP contribution in [0.25, 0.3) is 5.69 Å². The van der Waals surface area contributed by atoms with E-state index in [4.69, 9.17) is 21.7 Å². The van der Waals surface area contributed by atoms with Gasteiger partial charge in [-0.2, -0.15) is 0 Å². The summed E-state index contributed by atoms with van der Waals surface area (Å²) in [6.07, 6.45) is 3.89. The lowest BCUT2D eigenvalue weighted by molar-refractivity contribution is 0.174. The summed E-state index contributed by atoms with van der Waals surface area (Å²) in [6.45, 7) is 0.230. The second-order valence-corrected chi connectivity index (χ2v) is 9.12. The van der Waals surface area contributed by atoms with Crippen molar-refractivity contribution in [2.45, 2.75) is 12.1 Å². The van der Waals surface area contributed by atoms with Crippen LogP contribution in [0.15, 0.2) is 89.7 Å². The van der Waals surface area contributed by atoms with Crippen molar-refractivity contribution in [3.8, 4) is 17.2 Å². The second kappa shape index (κ2) is 8.20. The van der Waals surface area contributed by atoms with E-state index in [1.807, 2.05) is 54.7 Å². The zero-order valence-electron chi connectivity index (χ0n) is 17.4. The number of pyridine rings is 1. The van der Waals surface area contributed by atoms with Gasteiger partial charge in [0.2, 0.25) is 6.79 Å². The smallest absolute Gasteiger partial charge is 0.231 e. The van der Waals surface area contributed by atoms with E-state index in [0.717, 1.165) is 38.7 Å². The first-order valence-electron chi connectivity index (χ1n) is 10.5. The fourth-order valence-corrected chi connectivity index (χ4v) is 5.05. The quantitative estimate of drug-likeness (QED) is 0.358. The van der Waals surface area contributed by atoms with E-state index in [-0.39, 0.29) is 18.9 Å². The van der Waals surface area contributed by atoms with E-state index in [2.05, 4.69) is 66.2 Å². The molecule has 2 aliphatic rings. The van der Waals surface area contributed by atoms with Crippen LogP contribution in [0.4, 0.5) is 5.69 Å². The van der Waals surface area contributed by atoms with Gasteiger partial charge in [0.1, 0.15) is 6.04 Å². The summed E-state index contributed by atoms with van der Waals surface area (Å²) in [5.74, 6) is 1.46. The summed E-state index contributed by atoms with van der Waals surface area (Å²) in [5.41, 5.74) is 4.03. The normalized spacial score (nSPS) is 19.1. The number of thiocarbonyl (C=S) groups is 1. The molecule has 1 fully saturated rings. The summed E-state index contributed by atoms with van der Waals surface area (Å²) < 4.78 is 14.4. The molecule has 0 spiro atoms. The van der Waals surface area contributed by atoms with Gasteiger partial charge in [-0.05, 0) is 72.9 Å². The standard InChI is InChI=1S/C25H19BrN4O2S/c26-16-6-8-17(9-7-16)29-13-3-5-20(29)24-23(19-4-1-2-12-27-19)28-25(33)30(24)18-10-11-21-22(14-18)32-15-31-21/h1-14,23-24H,15H2,(H,28,33). The van der Waals surface area contributed by atoms with Gasteiger partial charge >= 0.3 is 0 Å². The molecule has 164 valence electrons. The summed E-state index contributed by atoms with van der Waals surface area (Å²) >= 11 is 9.39. The summed E-state index contributed by atoms with van der Waals surface area (Å²) in [6, 6.07) is 24.1. The molecule has 1 saturated heterocycles. The molecule has 33 heavy (non-hydrogen) atoms. The minimum Gasteiger partial charge on any atom is -0.454 e. The number of hydrogen-bond donors (Lipinski definition) is 1. The first-order chi connectivity index (χ1) is 16.2. The van der Waals surface area contributed by atoms with Crippen LogP contribution in [-0.2, 0) is 0 Å². The Labute approximate surface area is 204 Å². The first kappa shape index (κ1) is 20.3. The Balaban J connectivity index is 1.50. The molecule has 2 aromatic carbocycles. The van der Waals surface area contributed by atoms with Gasteiger partial charge in [0, 0.05) is 40.0 Å². The highest BCUT2D eigenvalue weighted by molar-refractivity contribution is 9.10. The summed E-state index contributed by atoms with van der Waals surface area (Å²) in [4.78, 5) is 6.79. The molecule has 0 bridgehead atoms. The van der Waals surface area contributed by atoms with Crippen LogP contribution in [0.1, 0.15) is 23.5 Å². The van der Waals surface area contributed by atoms with Gasteiger partial charge in [-0.25, -0.2) is 0 Å². The topological polar surface area (TPSA) is 51.6 Å². The lowest BCUT2D eigenvalue weighted by Crippen LogP contribution is -2.30. The van der Waals surface area contributed by atoms with Crippen molar-refractivity contribution in [2.24, 2.45) is 0 Å². The number of nitrogens with one attached hydrogen (secondary N) is 1. The van der Waals surface area contributed by atoms with E-state index >= 15 is 0 Å². The molecular weight excluding hydrogens is 500 g/mol. The molecule has 4 aromatic rings. The number of benzene rings is 2. The number of ether oxygens (including phenoxy) is 2. The van der Waals surface area contributed by atoms with Gasteiger partial charge in [0.15, 0.2) is 16.6 Å². The minimum absolute atomic E-state index is 0.131. The highest BCUT2D eigenvalue weighted by atomic mass is 79.9. The SMILES string of the molecule is S=C1NC(c2ccccn2)C(c2cccn2-c2ccc(Br)cc2)N1c1ccc2c(c1)OCO2. The van der Waals surface area contributed by atoms with Gasteiger partial charge in [0.25, 0.3) is 0 Å². The molecule has 8 heteroatoms. The van der Waals surface area contributed by atoms with E-state index in [9.17, 15) is 0 Å². The number of rotatable bonds is 4. The lowest BCUT2D eigenvalue weighted by Gasteiger charge is -2.29. The molecule has 0 saturated carbocycles. The average Bonchev–Trinajstić information content (AvgIpc) is 3.57. The molecule has 0 radical (unpaired) electrons. The average molecular weight is 519 g/mol. The molecule has 2 atom stereocenters. The monoisotopic (exact) mass is 518 g/mol. The van der Waals surface area contributed by atoms with E-state index in [0.29, 0.717) is 5.11 Å². The molecule has 1 N–H and O–H groups in total. The molecular formula is C25H19BrN4O2S. The van der Waals surface area contributed by atoms with Crippen LogP contribution in [0, 0.1) is 0 Å². The fraction of sp³-hybridized carbons (Fsp3) is 0.120. The first-order valence-corrected chi connectivity index (χ1v) is 11.7. The van der Waals surface area contributed by atoms with E-state index < -0.39 is 0 Å². The Bertz CT molecular complexity index is 1330. The molecule has 2 unspecified atom stereocenters. The zero-order valence-corrected chi connectivity index (χ0v) is 19.8. The van der Waals surface area contributed by atoms with Gasteiger partial charge in [-0.1, -0.05) is 22.0 Å². The number of fused-ring (bicyclic) bond motifs is 1. The van der Waals surface area contributed by atoms with Crippen LogP contribution in [-0.4, -0.2) is 21.5 Å².